The molecule has 0 aliphatic rings. The van der Waals surface area contributed by atoms with E-state index in [-0.39, 0.29) is 12.1 Å². The highest BCUT2D eigenvalue weighted by atomic mass is 31.2. The van der Waals surface area contributed by atoms with E-state index in [2.05, 4.69) is 24.1 Å². The van der Waals surface area contributed by atoms with E-state index in [0.717, 1.165) is 12.8 Å². The lowest BCUT2D eigenvalue weighted by Gasteiger charge is -2.23. The summed E-state index contributed by atoms with van der Waals surface area (Å²) >= 11 is 0. The third kappa shape index (κ3) is 31.8. The second-order valence-electron chi connectivity index (χ2n) is 8.67. The Kier molecular flexibility index (Phi) is 24.0. The topological polar surface area (TPSA) is 110 Å². The molecule has 31 heavy (non-hydrogen) atoms. The summed E-state index contributed by atoms with van der Waals surface area (Å²) in [5.74, 6) is 0.209. The molecule has 0 saturated carbocycles. The van der Waals surface area contributed by atoms with Crippen LogP contribution in [0.2, 0.25) is 0 Å². The SMILES string of the molecule is CCCCCCCCCCCCCCCCCC(=O)NC(CC)N(C)C.O=P(O)(O)O. The van der Waals surface area contributed by atoms with E-state index in [1.54, 1.807) is 0 Å². The van der Waals surface area contributed by atoms with Crippen LogP contribution in [0.4, 0.5) is 0 Å². The van der Waals surface area contributed by atoms with Crippen LogP contribution in [-0.4, -0.2) is 45.7 Å². The predicted octanol–water partition coefficient (Wildman–Crippen LogP) is 5.73. The second kappa shape index (κ2) is 22.7. The highest BCUT2D eigenvalue weighted by Gasteiger charge is 2.11. The summed E-state index contributed by atoms with van der Waals surface area (Å²) in [7, 11) is -0.607. The number of phosphoric acid groups is 1. The first-order valence-corrected chi connectivity index (χ1v) is 13.9. The molecule has 188 valence electrons. The zero-order valence-corrected chi connectivity index (χ0v) is 21.5. The van der Waals surface area contributed by atoms with Gasteiger partial charge in [-0.2, -0.15) is 0 Å². The van der Waals surface area contributed by atoms with E-state index in [4.69, 9.17) is 19.2 Å². The van der Waals surface area contributed by atoms with Crippen molar-refractivity contribution in [3.8, 4) is 0 Å². The average molecular weight is 467 g/mol. The van der Waals surface area contributed by atoms with Gasteiger partial charge in [0.1, 0.15) is 0 Å². The maximum absolute atomic E-state index is 11.9. The molecule has 0 aromatic carbocycles. The lowest BCUT2D eigenvalue weighted by atomic mass is 10.0. The van der Waals surface area contributed by atoms with Gasteiger partial charge in [-0.25, -0.2) is 4.57 Å². The fourth-order valence-corrected chi connectivity index (χ4v) is 3.51. The largest absolute Gasteiger partial charge is 0.466 e. The molecular weight excluding hydrogens is 415 g/mol. The molecule has 0 rings (SSSR count). The Balaban J connectivity index is 0. The van der Waals surface area contributed by atoms with Gasteiger partial charge in [0, 0.05) is 6.42 Å². The lowest BCUT2D eigenvalue weighted by molar-refractivity contribution is -0.123. The summed E-state index contributed by atoms with van der Waals surface area (Å²) in [6.07, 6.45) is 22.3. The van der Waals surface area contributed by atoms with Gasteiger partial charge in [-0.05, 0) is 26.9 Å². The molecule has 0 bridgehead atoms. The van der Waals surface area contributed by atoms with Gasteiger partial charge in [0.05, 0.1) is 6.17 Å². The molecule has 0 aliphatic heterocycles. The number of nitrogens with zero attached hydrogens (tertiary/aromatic N) is 1. The Morgan fingerprint density at radius 2 is 1.06 bits per heavy atom. The molecule has 0 heterocycles. The number of carbonyl (C=O) groups is 1. The van der Waals surface area contributed by atoms with Crippen molar-refractivity contribution in [3.05, 3.63) is 0 Å². The first-order valence-electron chi connectivity index (χ1n) is 12.4. The van der Waals surface area contributed by atoms with Gasteiger partial charge in [-0.1, -0.05) is 104 Å². The molecule has 0 fully saturated rings. The van der Waals surface area contributed by atoms with Gasteiger partial charge < -0.3 is 20.0 Å². The Bertz CT molecular complexity index is 435. The van der Waals surface area contributed by atoms with Gasteiger partial charge >= 0.3 is 7.82 Å². The summed E-state index contributed by atoms with van der Waals surface area (Å²) in [6, 6.07) is 0. The van der Waals surface area contributed by atoms with Crippen LogP contribution in [0, 0.1) is 0 Å². The number of rotatable bonds is 19. The second-order valence-corrected chi connectivity index (χ2v) is 9.69. The van der Waals surface area contributed by atoms with Crippen molar-refractivity contribution in [2.24, 2.45) is 0 Å². The number of hydrogen-bond donors (Lipinski definition) is 4. The van der Waals surface area contributed by atoms with Crippen LogP contribution < -0.4 is 5.32 Å². The van der Waals surface area contributed by atoms with Crippen molar-refractivity contribution < 1.29 is 24.0 Å². The van der Waals surface area contributed by atoms with Crippen molar-refractivity contribution in [3.63, 3.8) is 0 Å². The monoisotopic (exact) mass is 466 g/mol. The summed E-state index contributed by atoms with van der Waals surface area (Å²) in [4.78, 5) is 35.5. The molecule has 1 unspecified atom stereocenters. The van der Waals surface area contributed by atoms with Crippen molar-refractivity contribution in [2.45, 2.75) is 129 Å². The Labute approximate surface area is 191 Å². The van der Waals surface area contributed by atoms with Crippen LogP contribution in [-0.2, 0) is 9.36 Å². The zero-order chi connectivity index (χ0) is 24.0. The van der Waals surface area contributed by atoms with Crippen molar-refractivity contribution in [1.29, 1.82) is 0 Å². The van der Waals surface area contributed by atoms with E-state index >= 15 is 0 Å². The molecule has 8 heteroatoms. The van der Waals surface area contributed by atoms with Crippen molar-refractivity contribution in [2.75, 3.05) is 14.1 Å². The fourth-order valence-electron chi connectivity index (χ4n) is 3.51. The highest BCUT2D eigenvalue weighted by molar-refractivity contribution is 7.45. The number of hydrogen-bond acceptors (Lipinski definition) is 3. The average Bonchev–Trinajstić information content (AvgIpc) is 2.67. The van der Waals surface area contributed by atoms with Gasteiger partial charge in [0.2, 0.25) is 5.91 Å². The number of carbonyl (C=O) groups excluding carboxylic acids is 1. The quantitative estimate of drug-likeness (QED) is 0.110. The molecule has 1 amide bonds. The first-order chi connectivity index (χ1) is 14.6. The van der Waals surface area contributed by atoms with E-state index in [1.807, 2.05) is 14.1 Å². The highest BCUT2D eigenvalue weighted by Crippen LogP contribution is 2.25. The van der Waals surface area contributed by atoms with Crippen LogP contribution in [0.1, 0.15) is 123 Å². The number of unbranched alkanes of at least 4 members (excludes halogenated alkanes) is 14. The normalized spacial score (nSPS) is 12.4. The smallest absolute Gasteiger partial charge is 0.341 e. The Hall–Kier alpha value is -0.460. The van der Waals surface area contributed by atoms with Crippen molar-refractivity contribution >= 4 is 13.7 Å². The Morgan fingerprint density at radius 3 is 1.35 bits per heavy atom. The maximum atomic E-state index is 11.9. The zero-order valence-electron chi connectivity index (χ0n) is 20.7. The molecule has 0 aliphatic carbocycles. The van der Waals surface area contributed by atoms with Crippen LogP contribution in [0.5, 0.6) is 0 Å². The van der Waals surface area contributed by atoms with E-state index < -0.39 is 7.82 Å². The molecule has 0 aromatic heterocycles. The minimum Gasteiger partial charge on any atom is -0.341 e. The molecule has 4 N–H and O–H groups in total. The number of amides is 1. The minimum atomic E-state index is -4.64. The van der Waals surface area contributed by atoms with Crippen LogP contribution in [0.3, 0.4) is 0 Å². The molecule has 1 atom stereocenters. The van der Waals surface area contributed by atoms with Crippen molar-refractivity contribution in [1.82, 2.24) is 10.2 Å². The Morgan fingerprint density at radius 1 is 0.742 bits per heavy atom. The first kappa shape index (κ1) is 32.7. The van der Waals surface area contributed by atoms with Crippen LogP contribution >= 0.6 is 7.82 Å². The van der Waals surface area contributed by atoms with E-state index in [0.29, 0.717) is 6.42 Å². The fraction of sp³-hybridized carbons (Fsp3) is 0.957. The van der Waals surface area contributed by atoms with E-state index in [9.17, 15) is 4.79 Å². The van der Waals surface area contributed by atoms with Crippen LogP contribution in [0.15, 0.2) is 0 Å². The third-order valence-corrected chi connectivity index (χ3v) is 5.35. The van der Waals surface area contributed by atoms with E-state index in [1.165, 1.54) is 89.9 Å². The van der Waals surface area contributed by atoms with Gasteiger partial charge in [0.25, 0.3) is 0 Å². The summed E-state index contributed by atoms with van der Waals surface area (Å²) in [6.45, 7) is 4.39. The molecule has 7 nitrogen and oxygen atoms in total. The van der Waals surface area contributed by atoms with Gasteiger partial charge in [-0.3, -0.25) is 9.69 Å². The molecular formula is C23H51N2O5P. The van der Waals surface area contributed by atoms with Gasteiger partial charge in [-0.15, -0.1) is 0 Å². The van der Waals surface area contributed by atoms with Crippen LogP contribution in [0.25, 0.3) is 0 Å². The molecule has 0 radical (unpaired) electrons. The predicted molar refractivity (Wildman–Crippen MR) is 130 cm³/mol. The standard InChI is InChI=1S/C23H48N2O.H3O4P/c1-5-7-8-9-10-11-12-13-14-15-16-17-18-19-20-21-23(26)24-22(6-2)25(3)4;1-5(2,3)4/h22H,5-21H2,1-4H3,(H,24,26);(H3,1,2,3,4). The summed E-state index contributed by atoms with van der Waals surface area (Å²) in [5.41, 5.74) is 0. The summed E-state index contributed by atoms with van der Waals surface area (Å²) < 4.78 is 8.88. The molecule has 0 spiro atoms. The summed E-state index contributed by atoms with van der Waals surface area (Å²) in [5, 5.41) is 3.10. The molecule has 0 saturated heterocycles. The maximum Gasteiger partial charge on any atom is 0.466 e. The molecule has 0 aromatic rings. The van der Waals surface area contributed by atoms with Gasteiger partial charge in [0.15, 0.2) is 0 Å². The minimum absolute atomic E-state index is 0.179. The third-order valence-electron chi connectivity index (χ3n) is 5.35. The lowest BCUT2D eigenvalue weighted by Crippen LogP contribution is -2.44. The number of nitrogens with one attached hydrogen (secondary N) is 1.